The number of anilines is 1. The second-order valence-electron chi connectivity index (χ2n) is 5.83. The van der Waals surface area contributed by atoms with Crippen molar-refractivity contribution in [3.63, 3.8) is 0 Å². The molecule has 1 heterocycles. The number of ketones is 1. The van der Waals surface area contributed by atoms with Gasteiger partial charge in [-0.3, -0.25) is 9.59 Å². The van der Waals surface area contributed by atoms with E-state index in [-0.39, 0.29) is 11.7 Å². The quantitative estimate of drug-likeness (QED) is 0.694. The summed E-state index contributed by atoms with van der Waals surface area (Å²) in [5.74, 6) is 0.561. The molecule has 0 aliphatic rings. The number of carbonyl (C=O) groups is 2. The maximum Gasteiger partial charge on any atom is 0.265 e. The van der Waals surface area contributed by atoms with Gasteiger partial charge in [-0.1, -0.05) is 18.2 Å². The van der Waals surface area contributed by atoms with Gasteiger partial charge in [-0.2, -0.15) is 0 Å². The summed E-state index contributed by atoms with van der Waals surface area (Å²) in [6.07, 6.45) is 2.65. The maximum atomic E-state index is 12.4. The summed E-state index contributed by atoms with van der Waals surface area (Å²) in [6.45, 7) is 1.68. The highest BCUT2D eigenvalue weighted by atomic mass is 16.5. The molecule has 2 aromatic carbocycles. The van der Waals surface area contributed by atoms with E-state index in [1.165, 1.54) is 0 Å². The topological polar surface area (TPSA) is 73.2 Å². The van der Waals surface area contributed by atoms with Gasteiger partial charge in [0.15, 0.2) is 11.9 Å². The fourth-order valence-electron chi connectivity index (χ4n) is 2.42. The molecule has 0 aliphatic carbocycles. The Morgan fingerprint density at radius 1 is 1.08 bits per heavy atom. The molecule has 0 bridgehead atoms. The predicted molar refractivity (Wildman–Crippen MR) is 98.2 cm³/mol. The Labute approximate surface area is 151 Å². The van der Waals surface area contributed by atoms with Crippen molar-refractivity contribution in [2.75, 3.05) is 5.32 Å². The average molecular weight is 349 g/mol. The number of rotatable bonds is 6. The number of hydrogen-bond acceptors (Lipinski definition) is 4. The molecule has 6 heteroatoms. The largest absolute Gasteiger partial charge is 0.481 e. The zero-order valence-corrected chi connectivity index (χ0v) is 14.5. The van der Waals surface area contributed by atoms with Crippen LogP contribution < -0.4 is 10.1 Å². The number of benzene rings is 2. The SMILES string of the molecule is C[C@H](Oc1ccccc1)C(=O)Nc1ccc(C(=O)c2nccn2C)cc1. The molecule has 132 valence electrons. The normalized spacial score (nSPS) is 11.6. The van der Waals surface area contributed by atoms with Crippen molar-refractivity contribution < 1.29 is 14.3 Å². The standard InChI is InChI=1S/C20H19N3O3/c1-14(26-17-6-4-3-5-7-17)20(25)22-16-10-8-15(9-11-16)18(24)19-21-12-13-23(19)2/h3-14H,1-2H3,(H,22,25)/t14-/m0/s1. The number of hydrogen-bond donors (Lipinski definition) is 1. The Hall–Kier alpha value is -3.41. The molecule has 6 nitrogen and oxygen atoms in total. The van der Waals surface area contributed by atoms with Crippen molar-refractivity contribution in [2.45, 2.75) is 13.0 Å². The zero-order chi connectivity index (χ0) is 18.5. The summed E-state index contributed by atoms with van der Waals surface area (Å²) >= 11 is 0. The summed E-state index contributed by atoms with van der Waals surface area (Å²) in [6, 6.07) is 15.8. The van der Waals surface area contributed by atoms with Crippen LogP contribution in [-0.4, -0.2) is 27.3 Å². The van der Waals surface area contributed by atoms with Crippen LogP contribution in [0.15, 0.2) is 67.0 Å². The molecule has 0 aliphatic heterocycles. The molecular weight excluding hydrogens is 330 g/mol. The number of nitrogens with one attached hydrogen (secondary N) is 1. The first-order chi connectivity index (χ1) is 12.5. The van der Waals surface area contributed by atoms with Crippen molar-refractivity contribution in [1.29, 1.82) is 0 Å². The van der Waals surface area contributed by atoms with E-state index < -0.39 is 6.10 Å². The lowest BCUT2D eigenvalue weighted by molar-refractivity contribution is -0.122. The number of aromatic nitrogens is 2. The third kappa shape index (κ3) is 3.97. The van der Waals surface area contributed by atoms with Crippen LogP contribution in [0.4, 0.5) is 5.69 Å². The summed E-state index contributed by atoms with van der Waals surface area (Å²) in [4.78, 5) is 28.7. The second-order valence-corrected chi connectivity index (χ2v) is 5.83. The molecule has 1 atom stereocenters. The number of para-hydroxylation sites is 1. The van der Waals surface area contributed by atoms with Gasteiger partial charge in [0.1, 0.15) is 5.75 Å². The lowest BCUT2D eigenvalue weighted by Gasteiger charge is -2.14. The van der Waals surface area contributed by atoms with Crippen molar-refractivity contribution in [2.24, 2.45) is 7.05 Å². The van der Waals surface area contributed by atoms with Crippen LogP contribution in [0.3, 0.4) is 0 Å². The zero-order valence-electron chi connectivity index (χ0n) is 14.5. The number of imidazole rings is 1. The minimum Gasteiger partial charge on any atom is -0.481 e. The molecule has 26 heavy (non-hydrogen) atoms. The summed E-state index contributed by atoms with van der Waals surface area (Å²) in [7, 11) is 1.77. The van der Waals surface area contributed by atoms with Crippen LogP contribution in [0, 0.1) is 0 Å². The van der Waals surface area contributed by atoms with Gasteiger partial charge >= 0.3 is 0 Å². The van der Waals surface area contributed by atoms with Crippen molar-refractivity contribution in [1.82, 2.24) is 9.55 Å². The van der Waals surface area contributed by atoms with Gasteiger partial charge in [-0.05, 0) is 43.3 Å². The smallest absolute Gasteiger partial charge is 0.265 e. The monoisotopic (exact) mass is 349 g/mol. The van der Waals surface area contributed by atoms with E-state index in [1.807, 2.05) is 18.2 Å². The number of ether oxygens (including phenoxy) is 1. The van der Waals surface area contributed by atoms with E-state index in [0.717, 1.165) is 0 Å². The van der Waals surface area contributed by atoms with Gasteiger partial charge in [0, 0.05) is 30.7 Å². The molecule has 0 saturated carbocycles. The van der Waals surface area contributed by atoms with Crippen LogP contribution in [0.25, 0.3) is 0 Å². The maximum absolute atomic E-state index is 12.4. The molecule has 3 aromatic rings. The fraction of sp³-hybridized carbons (Fsp3) is 0.150. The average Bonchev–Trinajstić information content (AvgIpc) is 3.08. The van der Waals surface area contributed by atoms with Crippen LogP contribution in [0.2, 0.25) is 0 Å². The van der Waals surface area contributed by atoms with Gasteiger partial charge in [0.25, 0.3) is 5.91 Å². The molecule has 1 amide bonds. The van der Waals surface area contributed by atoms with Crippen LogP contribution in [0.5, 0.6) is 5.75 Å². The van der Waals surface area contributed by atoms with E-state index in [4.69, 9.17) is 4.74 Å². The fourth-order valence-corrected chi connectivity index (χ4v) is 2.42. The van der Waals surface area contributed by atoms with Gasteiger partial charge in [0.2, 0.25) is 5.78 Å². The van der Waals surface area contributed by atoms with E-state index in [2.05, 4.69) is 10.3 Å². The molecule has 0 spiro atoms. The molecular formula is C20H19N3O3. The van der Waals surface area contributed by atoms with Crippen LogP contribution in [-0.2, 0) is 11.8 Å². The molecule has 0 radical (unpaired) electrons. The highest BCUT2D eigenvalue weighted by Crippen LogP contribution is 2.15. The lowest BCUT2D eigenvalue weighted by atomic mass is 10.1. The van der Waals surface area contributed by atoms with Gasteiger partial charge < -0.3 is 14.6 Å². The molecule has 3 rings (SSSR count). The minimum atomic E-state index is -0.647. The highest BCUT2D eigenvalue weighted by Gasteiger charge is 2.16. The van der Waals surface area contributed by atoms with Crippen LogP contribution in [0.1, 0.15) is 23.1 Å². The molecule has 1 aromatic heterocycles. The highest BCUT2D eigenvalue weighted by molar-refractivity contribution is 6.07. The van der Waals surface area contributed by atoms with E-state index in [0.29, 0.717) is 22.8 Å². The number of amides is 1. The first-order valence-electron chi connectivity index (χ1n) is 8.19. The molecule has 0 fully saturated rings. The van der Waals surface area contributed by atoms with Crippen LogP contribution >= 0.6 is 0 Å². The summed E-state index contributed by atoms with van der Waals surface area (Å²) < 4.78 is 7.26. The molecule has 0 unspecified atom stereocenters. The van der Waals surface area contributed by atoms with Crippen molar-refractivity contribution in [3.05, 3.63) is 78.4 Å². The second kappa shape index (κ2) is 7.65. The number of carbonyl (C=O) groups excluding carboxylic acids is 2. The van der Waals surface area contributed by atoms with Gasteiger partial charge in [-0.15, -0.1) is 0 Å². The molecule has 0 saturated heterocycles. The summed E-state index contributed by atoms with van der Waals surface area (Å²) in [5, 5.41) is 2.78. The van der Waals surface area contributed by atoms with Crippen molar-refractivity contribution >= 4 is 17.4 Å². The third-order valence-electron chi connectivity index (χ3n) is 3.86. The first kappa shape index (κ1) is 17.4. The Kier molecular flexibility index (Phi) is 5.12. The van der Waals surface area contributed by atoms with Crippen molar-refractivity contribution in [3.8, 4) is 5.75 Å². The number of nitrogens with zero attached hydrogens (tertiary/aromatic N) is 2. The minimum absolute atomic E-state index is 0.170. The first-order valence-corrected chi connectivity index (χ1v) is 8.19. The van der Waals surface area contributed by atoms with E-state index in [9.17, 15) is 9.59 Å². The van der Waals surface area contributed by atoms with Gasteiger partial charge in [-0.25, -0.2) is 4.98 Å². The summed E-state index contributed by atoms with van der Waals surface area (Å²) in [5.41, 5.74) is 1.10. The van der Waals surface area contributed by atoms with E-state index >= 15 is 0 Å². The Bertz CT molecular complexity index is 902. The Morgan fingerprint density at radius 3 is 2.38 bits per heavy atom. The Balaban J connectivity index is 1.63. The third-order valence-corrected chi connectivity index (χ3v) is 3.86. The van der Waals surface area contributed by atoms with Gasteiger partial charge in [0.05, 0.1) is 0 Å². The lowest BCUT2D eigenvalue weighted by Crippen LogP contribution is -2.30. The Morgan fingerprint density at radius 2 is 1.77 bits per heavy atom. The number of aryl methyl sites for hydroxylation is 1. The van der Waals surface area contributed by atoms with E-state index in [1.54, 1.807) is 67.3 Å². The predicted octanol–water partition coefficient (Wildman–Crippen LogP) is 3.06. The molecule has 1 N–H and O–H groups in total.